The molecule has 1 spiro atoms. The van der Waals surface area contributed by atoms with Crippen molar-refractivity contribution < 1.29 is 37.1 Å². The lowest BCUT2D eigenvalue weighted by Crippen LogP contribution is -2.58. The summed E-state index contributed by atoms with van der Waals surface area (Å²) < 4.78 is 40.1. The van der Waals surface area contributed by atoms with Gasteiger partial charge in [0, 0.05) is 23.3 Å². The van der Waals surface area contributed by atoms with E-state index in [-0.39, 0.29) is 19.4 Å². The molecule has 1 saturated heterocycles. The van der Waals surface area contributed by atoms with Crippen molar-refractivity contribution in [3.8, 4) is 5.75 Å². The van der Waals surface area contributed by atoms with E-state index in [0.29, 0.717) is 56.4 Å². The smallest absolute Gasteiger partial charge is 0.408 e. The Morgan fingerprint density at radius 1 is 1.04 bits per heavy atom. The summed E-state index contributed by atoms with van der Waals surface area (Å²) in [7, 11) is -3.97. The van der Waals surface area contributed by atoms with Gasteiger partial charge in [-0.1, -0.05) is 43.2 Å². The van der Waals surface area contributed by atoms with E-state index in [1.54, 1.807) is 6.92 Å². The zero-order valence-electron chi connectivity index (χ0n) is 30.7. The van der Waals surface area contributed by atoms with Crippen molar-refractivity contribution in [3.05, 3.63) is 47.7 Å². The van der Waals surface area contributed by atoms with Gasteiger partial charge in [0.15, 0.2) is 0 Å². The number of nitrogens with one attached hydrogen (secondary N) is 3. The molecule has 3 aliphatic heterocycles. The highest BCUT2D eigenvalue weighted by Gasteiger charge is 2.64. The second-order valence-corrected chi connectivity index (χ2v) is 18.9. The van der Waals surface area contributed by atoms with Gasteiger partial charge in [-0.05, 0) is 91.0 Å². The summed E-state index contributed by atoms with van der Waals surface area (Å²) >= 11 is 0. The van der Waals surface area contributed by atoms with Crippen LogP contribution >= 0.6 is 0 Å². The standard InChI is InChI=1S/C39H49N5O8S/c1-24-31-27(26-12-9-10-13-28(26)40-24)15-16-38(51-31)22-30-32(45)42-39(34(47)43-53(49,50)37(3)19-20-37)21-25(39)11-7-5-4-6-8-14-29(33(46)44(30)23-38)41-35(48)52-36(2)17-18-36/h7,9-13,25,29-30H,4-6,8,14-23H2,1-3H3,(H,41,48)(H,42,45)(H,43,47)/b11-7-/t25-,29-,30-,38+,39+/m0/s1. The van der Waals surface area contributed by atoms with Crippen molar-refractivity contribution in [1.82, 2.24) is 25.2 Å². The highest BCUT2D eigenvalue weighted by atomic mass is 32.2. The van der Waals surface area contributed by atoms with Crippen LogP contribution in [0.15, 0.2) is 36.4 Å². The van der Waals surface area contributed by atoms with E-state index in [1.807, 2.05) is 50.3 Å². The number of fused-ring (bicyclic) bond motifs is 5. The Kier molecular flexibility index (Phi) is 8.58. The van der Waals surface area contributed by atoms with Gasteiger partial charge in [0.05, 0.1) is 22.5 Å². The van der Waals surface area contributed by atoms with Gasteiger partial charge in [-0.2, -0.15) is 0 Å². The van der Waals surface area contributed by atoms with Crippen LogP contribution in [0.5, 0.6) is 5.75 Å². The molecule has 3 aliphatic carbocycles. The van der Waals surface area contributed by atoms with Crippen LogP contribution < -0.4 is 20.1 Å². The summed E-state index contributed by atoms with van der Waals surface area (Å²) in [4.78, 5) is 62.6. The maximum Gasteiger partial charge on any atom is 0.408 e. The molecule has 4 heterocycles. The molecule has 53 heavy (non-hydrogen) atoms. The van der Waals surface area contributed by atoms with E-state index in [1.165, 1.54) is 4.90 Å². The van der Waals surface area contributed by atoms with Crippen LogP contribution in [0.1, 0.15) is 102 Å². The van der Waals surface area contributed by atoms with E-state index in [4.69, 9.17) is 14.5 Å². The van der Waals surface area contributed by atoms with Gasteiger partial charge in [0.25, 0.3) is 5.91 Å². The molecule has 1 aromatic heterocycles. The zero-order valence-corrected chi connectivity index (χ0v) is 31.5. The number of hydrogen-bond acceptors (Lipinski definition) is 9. The van der Waals surface area contributed by atoms with Crippen LogP contribution in [-0.2, 0) is 35.6 Å². The topological polar surface area (TPSA) is 173 Å². The Morgan fingerprint density at radius 3 is 2.57 bits per heavy atom. The molecule has 3 N–H and O–H groups in total. The summed E-state index contributed by atoms with van der Waals surface area (Å²) in [5.74, 6) is -1.53. The van der Waals surface area contributed by atoms with Gasteiger partial charge in [0.1, 0.15) is 34.6 Å². The number of ether oxygens (including phenoxy) is 2. The summed E-state index contributed by atoms with van der Waals surface area (Å²) in [6, 6.07) is 5.88. The molecule has 0 bridgehead atoms. The normalized spacial score (nSPS) is 32.1. The average Bonchev–Trinajstić information content (AvgIpc) is 4.07. The number of pyridine rings is 1. The van der Waals surface area contributed by atoms with Crippen molar-refractivity contribution in [1.29, 1.82) is 0 Å². The van der Waals surface area contributed by atoms with Crippen LogP contribution in [0.25, 0.3) is 10.9 Å². The molecule has 8 rings (SSSR count). The van der Waals surface area contributed by atoms with Crippen LogP contribution in [0.2, 0.25) is 0 Å². The molecule has 3 saturated carbocycles. The molecular formula is C39H49N5O8S. The Hall–Kier alpha value is -4.20. The van der Waals surface area contributed by atoms with E-state index < -0.39 is 73.3 Å². The molecule has 1 aromatic carbocycles. The fourth-order valence-electron chi connectivity index (χ4n) is 8.32. The fourth-order valence-corrected chi connectivity index (χ4v) is 9.63. The number of para-hydroxylation sites is 1. The van der Waals surface area contributed by atoms with Crippen molar-refractivity contribution in [2.24, 2.45) is 5.92 Å². The van der Waals surface area contributed by atoms with Gasteiger partial charge in [0.2, 0.25) is 21.8 Å². The van der Waals surface area contributed by atoms with Crippen LogP contribution in [0.4, 0.5) is 4.79 Å². The molecule has 4 fully saturated rings. The number of benzene rings is 1. The number of carbonyl (C=O) groups excluding carboxylic acids is 4. The predicted octanol–water partition coefficient (Wildman–Crippen LogP) is 4.25. The van der Waals surface area contributed by atoms with Gasteiger partial charge < -0.3 is 25.0 Å². The quantitative estimate of drug-likeness (QED) is 0.378. The molecule has 6 aliphatic rings. The van der Waals surface area contributed by atoms with Crippen molar-refractivity contribution >= 4 is 44.7 Å². The number of alkyl carbamates (subject to hydrolysis) is 1. The first kappa shape index (κ1) is 35.8. The second kappa shape index (κ2) is 12.7. The lowest BCUT2D eigenvalue weighted by molar-refractivity contribution is -0.141. The Balaban J connectivity index is 1.13. The number of carbonyl (C=O) groups is 4. The number of nitrogens with zero attached hydrogens (tertiary/aromatic N) is 2. The number of amides is 4. The SMILES string of the molecule is Cc1nc2ccccc2c2c1O[C@]1(CC2)C[C@H]2C(=O)N[C@]3(C(=O)NS(=O)(=O)C4(C)CC4)C[C@@H]3/C=C\CCCCC[C@H](NC(=O)OC3(C)CC3)C(=O)N2C1. The molecule has 0 unspecified atom stereocenters. The predicted molar refractivity (Wildman–Crippen MR) is 195 cm³/mol. The number of aryl methyl sites for hydroxylation is 2. The summed E-state index contributed by atoms with van der Waals surface area (Å²) in [5, 5.41) is 6.78. The van der Waals surface area contributed by atoms with Crippen molar-refractivity contribution in [3.63, 3.8) is 0 Å². The molecule has 13 nitrogen and oxygen atoms in total. The first-order valence-electron chi connectivity index (χ1n) is 19.1. The molecule has 4 amide bonds. The van der Waals surface area contributed by atoms with Crippen LogP contribution in [0, 0.1) is 12.8 Å². The summed E-state index contributed by atoms with van der Waals surface area (Å²) in [5.41, 5.74) is -0.367. The number of hydrogen-bond donors (Lipinski definition) is 3. The highest BCUT2D eigenvalue weighted by Crippen LogP contribution is 2.49. The number of rotatable bonds is 5. The number of sulfonamides is 1. The van der Waals surface area contributed by atoms with E-state index in [2.05, 4.69) is 15.4 Å². The molecule has 5 atom stereocenters. The van der Waals surface area contributed by atoms with Crippen molar-refractivity contribution in [2.45, 2.75) is 138 Å². The monoisotopic (exact) mass is 747 g/mol. The van der Waals surface area contributed by atoms with Gasteiger partial charge in [-0.3, -0.25) is 19.1 Å². The molecule has 0 radical (unpaired) electrons. The maximum atomic E-state index is 14.7. The third kappa shape index (κ3) is 6.65. The third-order valence-corrected chi connectivity index (χ3v) is 14.6. The second-order valence-electron chi connectivity index (χ2n) is 16.8. The number of allylic oxidation sites excluding steroid dienone is 1. The summed E-state index contributed by atoms with van der Waals surface area (Å²) in [6.07, 6.45) is 10.5. The first-order valence-corrected chi connectivity index (χ1v) is 20.6. The summed E-state index contributed by atoms with van der Waals surface area (Å²) in [6.45, 7) is 5.43. The van der Waals surface area contributed by atoms with Gasteiger partial charge in [-0.15, -0.1) is 0 Å². The first-order chi connectivity index (χ1) is 25.2. The van der Waals surface area contributed by atoms with Gasteiger partial charge >= 0.3 is 6.09 Å². The van der Waals surface area contributed by atoms with E-state index >= 15 is 0 Å². The fraction of sp³-hybridized carbons (Fsp3) is 0.615. The Labute approximate surface area is 310 Å². The molecule has 284 valence electrons. The van der Waals surface area contributed by atoms with E-state index in [0.717, 1.165) is 42.1 Å². The third-order valence-electron chi connectivity index (χ3n) is 12.5. The largest absolute Gasteiger partial charge is 0.483 e. The minimum atomic E-state index is -3.97. The molecule has 14 heteroatoms. The lowest BCUT2D eigenvalue weighted by Gasteiger charge is -2.36. The Bertz CT molecular complexity index is 2030. The zero-order chi connectivity index (χ0) is 37.4. The number of aromatic nitrogens is 1. The maximum absolute atomic E-state index is 14.7. The lowest BCUT2D eigenvalue weighted by atomic mass is 9.87. The van der Waals surface area contributed by atoms with Crippen LogP contribution in [-0.4, -0.2) is 82.2 Å². The molecule has 2 aromatic rings. The minimum absolute atomic E-state index is 0.0792. The average molecular weight is 748 g/mol. The van der Waals surface area contributed by atoms with Gasteiger partial charge in [-0.25, -0.2) is 18.2 Å². The molecular weight excluding hydrogens is 699 g/mol. The van der Waals surface area contributed by atoms with Crippen molar-refractivity contribution in [2.75, 3.05) is 6.54 Å². The van der Waals surface area contributed by atoms with Crippen LogP contribution in [0.3, 0.4) is 0 Å². The van der Waals surface area contributed by atoms with E-state index in [9.17, 15) is 27.6 Å². The minimum Gasteiger partial charge on any atom is -0.483 e. The Morgan fingerprint density at radius 2 is 1.81 bits per heavy atom. The highest BCUT2D eigenvalue weighted by molar-refractivity contribution is 7.91.